The van der Waals surface area contributed by atoms with Gasteiger partial charge in [-0.25, -0.2) is 9.97 Å². The van der Waals surface area contributed by atoms with Crippen molar-refractivity contribution in [2.75, 3.05) is 18.8 Å². The van der Waals surface area contributed by atoms with Crippen LogP contribution < -0.4 is 11.1 Å². The zero-order valence-electron chi connectivity index (χ0n) is 7.53. The van der Waals surface area contributed by atoms with Crippen molar-refractivity contribution in [2.45, 2.75) is 18.8 Å². The summed E-state index contributed by atoms with van der Waals surface area (Å²) in [5.74, 6) is 0.972. The molecule has 1 fully saturated rings. The van der Waals surface area contributed by atoms with Crippen LogP contribution in [0.4, 0.5) is 5.95 Å². The maximum atomic E-state index is 5.42. The van der Waals surface area contributed by atoms with Crippen molar-refractivity contribution in [2.24, 2.45) is 0 Å². The molecule has 0 aliphatic carbocycles. The third kappa shape index (κ3) is 1.95. The minimum atomic E-state index is 0.359. The van der Waals surface area contributed by atoms with Crippen molar-refractivity contribution in [3.05, 3.63) is 18.0 Å². The molecule has 1 aromatic heterocycles. The standard InChI is InChI=1S/C9H14N4/c10-9-12-5-8(6-13-9)7-1-3-11-4-2-7/h5-7,11H,1-4H2,(H2,10,12,13). The Balaban J connectivity index is 2.10. The minimum Gasteiger partial charge on any atom is -0.368 e. The quantitative estimate of drug-likeness (QED) is 0.658. The first-order valence-corrected chi connectivity index (χ1v) is 4.64. The van der Waals surface area contributed by atoms with E-state index in [4.69, 9.17) is 5.73 Å². The molecule has 0 radical (unpaired) electrons. The molecular weight excluding hydrogens is 164 g/mol. The Morgan fingerprint density at radius 3 is 2.46 bits per heavy atom. The molecule has 1 saturated heterocycles. The molecule has 13 heavy (non-hydrogen) atoms. The molecule has 0 spiro atoms. The highest BCUT2D eigenvalue weighted by Gasteiger charge is 2.15. The number of anilines is 1. The van der Waals surface area contributed by atoms with Gasteiger partial charge in [-0.15, -0.1) is 0 Å². The highest BCUT2D eigenvalue weighted by molar-refractivity contribution is 5.20. The van der Waals surface area contributed by atoms with E-state index in [0.717, 1.165) is 13.1 Å². The molecule has 0 atom stereocenters. The van der Waals surface area contributed by atoms with Crippen LogP contribution in [0.25, 0.3) is 0 Å². The van der Waals surface area contributed by atoms with Crippen LogP contribution in [0.2, 0.25) is 0 Å². The average molecular weight is 178 g/mol. The number of aromatic nitrogens is 2. The van der Waals surface area contributed by atoms with Gasteiger partial charge in [0.25, 0.3) is 0 Å². The summed E-state index contributed by atoms with van der Waals surface area (Å²) in [4.78, 5) is 8.00. The van der Waals surface area contributed by atoms with E-state index in [1.807, 2.05) is 12.4 Å². The third-order valence-corrected chi connectivity index (χ3v) is 2.50. The minimum absolute atomic E-state index is 0.359. The Labute approximate surface area is 77.6 Å². The van der Waals surface area contributed by atoms with E-state index < -0.39 is 0 Å². The fourth-order valence-electron chi connectivity index (χ4n) is 1.71. The van der Waals surface area contributed by atoms with Crippen LogP contribution in [-0.4, -0.2) is 23.1 Å². The number of rotatable bonds is 1. The monoisotopic (exact) mass is 178 g/mol. The molecule has 1 aliphatic rings. The van der Waals surface area contributed by atoms with E-state index >= 15 is 0 Å². The van der Waals surface area contributed by atoms with Crippen LogP contribution in [0.15, 0.2) is 12.4 Å². The Morgan fingerprint density at radius 2 is 1.85 bits per heavy atom. The first kappa shape index (κ1) is 8.44. The van der Waals surface area contributed by atoms with Crippen LogP contribution in [0.1, 0.15) is 24.3 Å². The van der Waals surface area contributed by atoms with Gasteiger partial charge in [0, 0.05) is 12.4 Å². The summed E-state index contributed by atoms with van der Waals surface area (Å²) in [6.45, 7) is 2.18. The van der Waals surface area contributed by atoms with E-state index in [2.05, 4.69) is 15.3 Å². The van der Waals surface area contributed by atoms with Crippen LogP contribution >= 0.6 is 0 Å². The molecule has 4 heteroatoms. The number of hydrogen-bond acceptors (Lipinski definition) is 4. The van der Waals surface area contributed by atoms with Crippen LogP contribution in [-0.2, 0) is 0 Å². The smallest absolute Gasteiger partial charge is 0.219 e. The number of nitrogens with two attached hydrogens (primary N) is 1. The zero-order chi connectivity index (χ0) is 9.10. The fourth-order valence-corrected chi connectivity index (χ4v) is 1.71. The third-order valence-electron chi connectivity index (χ3n) is 2.50. The van der Waals surface area contributed by atoms with E-state index in [9.17, 15) is 0 Å². The molecule has 0 bridgehead atoms. The van der Waals surface area contributed by atoms with Crippen molar-refractivity contribution < 1.29 is 0 Å². The molecule has 2 rings (SSSR count). The normalized spacial score (nSPS) is 18.8. The van der Waals surface area contributed by atoms with Gasteiger partial charge in [0.15, 0.2) is 0 Å². The van der Waals surface area contributed by atoms with Gasteiger partial charge in [-0.1, -0.05) is 0 Å². The van der Waals surface area contributed by atoms with Gasteiger partial charge in [0.1, 0.15) is 0 Å². The molecule has 70 valence electrons. The van der Waals surface area contributed by atoms with Gasteiger partial charge in [-0.3, -0.25) is 0 Å². The second-order valence-electron chi connectivity index (χ2n) is 3.40. The first-order chi connectivity index (χ1) is 6.36. The van der Waals surface area contributed by atoms with E-state index in [1.165, 1.54) is 18.4 Å². The molecule has 0 unspecified atom stereocenters. The van der Waals surface area contributed by atoms with Crippen LogP contribution in [0, 0.1) is 0 Å². The van der Waals surface area contributed by atoms with Gasteiger partial charge >= 0.3 is 0 Å². The topological polar surface area (TPSA) is 63.8 Å². The molecule has 0 saturated carbocycles. The largest absolute Gasteiger partial charge is 0.368 e. The van der Waals surface area contributed by atoms with Crippen LogP contribution in [0.5, 0.6) is 0 Å². The summed E-state index contributed by atoms with van der Waals surface area (Å²) in [5, 5.41) is 3.33. The van der Waals surface area contributed by atoms with Crippen molar-refractivity contribution in [1.29, 1.82) is 0 Å². The number of piperidine rings is 1. The summed E-state index contributed by atoms with van der Waals surface area (Å²) < 4.78 is 0. The fraction of sp³-hybridized carbons (Fsp3) is 0.556. The number of hydrogen-bond donors (Lipinski definition) is 2. The lowest BCUT2D eigenvalue weighted by atomic mass is 9.92. The maximum absolute atomic E-state index is 5.42. The Bertz CT molecular complexity index is 263. The van der Waals surface area contributed by atoms with Gasteiger partial charge in [0.2, 0.25) is 5.95 Å². The molecule has 0 aromatic carbocycles. The van der Waals surface area contributed by atoms with Crippen molar-refractivity contribution in [1.82, 2.24) is 15.3 Å². The molecule has 3 N–H and O–H groups in total. The van der Waals surface area contributed by atoms with Crippen molar-refractivity contribution in [3.8, 4) is 0 Å². The highest BCUT2D eigenvalue weighted by atomic mass is 15.0. The number of nitrogens with zero attached hydrogens (tertiary/aromatic N) is 2. The predicted molar refractivity (Wildman–Crippen MR) is 51.3 cm³/mol. The zero-order valence-corrected chi connectivity index (χ0v) is 7.53. The average Bonchev–Trinajstić information content (AvgIpc) is 2.20. The SMILES string of the molecule is Nc1ncc(C2CCNCC2)cn1. The lowest BCUT2D eigenvalue weighted by molar-refractivity contribution is 0.459. The van der Waals surface area contributed by atoms with E-state index in [1.54, 1.807) is 0 Å². The second kappa shape index (κ2) is 3.70. The van der Waals surface area contributed by atoms with E-state index in [0.29, 0.717) is 11.9 Å². The number of nitrogen functional groups attached to an aromatic ring is 1. The summed E-state index contributed by atoms with van der Waals surface area (Å²) >= 11 is 0. The first-order valence-electron chi connectivity index (χ1n) is 4.64. The Hall–Kier alpha value is -1.16. The highest BCUT2D eigenvalue weighted by Crippen LogP contribution is 2.23. The van der Waals surface area contributed by atoms with Gasteiger partial charge in [0.05, 0.1) is 0 Å². The lowest BCUT2D eigenvalue weighted by Gasteiger charge is -2.22. The molecule has 0 amide bonds. The van der Waals surface area contributed by atoms with Gasteiger partial charge in [-0.05, 0) is 37.4 Å². The van der Waals surface area contributed by atoms with Gasteiger partial charge in [-0.2, -0.15) is 0 Å². The maximum Gasteiger partial charge on any atom is 0.219 e. The van der Waals surface area contributed by atoms with E-state index in [-0.39, 0.29) is 0 Å². The van der Waals surface area contributed by atoms with Crippen LogP contribution in [0.3, 0.4) is 0 Å². The second-order valence-corrected chi connectivity index (χ2v) is 3.40. The summed E-state index contributed by atoms with van der Waals surface area (Å²) in [7, 11) is 0. The van der Waals surface area contributed by atoms with Crippen molar-refractivity contribution in [3.63, 3.8) is 0 Å². The molecule has 1 aromatic rings. The summed E-state index contributed by atoms with van der Waals surface area (Å²) in [6, 6.07) is 0. The molecule has 4 nitrogen and oxygen atoms in total. The summed E-state index contributed by atoms with van der Waals surface area (Å²) in [5.41, 5.74) is 6.64. The lowest BCUT2D eigenvalue weighted by Crippen LogP contribution is -2.26. The van der Waals surface area contributed by atoms with Gasteiger partial charge < -0.3 is 11.1 Å². The van der Waals surface area contributed by atoms with Crippen molar-refractivity contribution >= 4 is 5.95 Å². The molecule has 2 heterocycles. The Kier molecular flexibility index (Phi) is 2.40. The summed E-state index contributed by atoms with van der Waals surface area (Å²) in [6.07, 6.45) is 6.04. The number of nitrogens with one attached hydrogen (secondary N) is 1. The molecule has 1 aliphatic heterocycles. The Morgan fingerprint density at radius 1 is 1.23 bits per heavy atom. The molecular formula is C9H14N4. The predicted octanol–water partition coefficient (Wildman–Crippen LogP) is 0.526.